The second-order valence-corrected chi connectivity index (χ2v) is 7.57. The normalized spacial score (nSPS) is 13.1. The molecule has 8 heteroatoms. The average molecular weight is 427 g/mol. The Bertz CT molecular complexity index is 910. The van der Waals surface area contributed by atoms with Crippen LogP contribution in [-0.2, 0) is 6.54 Å². The van der Waals surface area contributed by atoms with Crippen molar-refractivity contribution >= 4 is 17.3 Å². The molecular formula is C23H30N4O4. The maximum atomic E-state index is 12.6. The van der Waals surface area contributed by atoms with Crippen LogP contribution in [0.15, 0.2) is 42.5 Å². The first kappa shape index (κ1) is 22.6. The van der Waals surface area contributed by atoms with Gasteiger partial charge in [-0.1, -0.05) is 32.0 Å². The standard InChI is InChI=1S/C23H30N4O4/c1-3-26(4-2)13-14-31-22-8-6-5-7-18(22)16-24-23(28)17-9-12-20(25-19-10-11-19)21(15-17)27(29)30/h5-9,12,15,19,25H,3-4,10-11,13-14,16H2,1-2H3,(H,24,28). The number of anilines is 1. The van der Waals surface area contributed by atoms with Crippen molar-refractivity contribution in [2.45, 2.75) is 39.3 Å². The highest BCUT2D eigenvalue weighted by Crippen LogP contribution is 2.31. The van der Waals surface area contributed by atoms with Crippen molar-refractivity contribution in [1.82, 2.24) is 10.2 Å². The molecule has 166 valence electrons. The fourth-order valence-corrected chi connectivity index (χ4v) is 3.29. The summed E-state index contributed by atoms with van der Waals surface area (Å²) in [5.74, 6) is 0.365. The lowest BCUT2D eigenvalue weighted by molar-refractivity contribution is -0.384. The van der Waals surface area contributed by atoms with E-state index >= 15 is 0 Å². The van der Waals surface area contributed by atoms with E-state index in [0.29, 0.717) is 12.3 Å². The molecule has 0 atom stereocenters. The number of rotatable bonds is 12. The van der Waals surface area contributed by atoms with Crippen LogP contribution in [0.5, 0.6) is 5.75 Å². The van der Waals surface area contributed by atoms with E-state index in [9.17, 15) is 14.9 Å². The van der Waals surface area contributed by atoms with Crippen LogP contribution in [0.4, 0.5) is 11.4 Å². The number of nitrogens with one attached hydrogen (secondary N) is 2. The van der Waals surface area contributed by atoms with Gasteiger partial charge in [0.15, 0.2) is 0 Å². The molecule has 0 unspecified atom stereocenters. The van der Waals surface area contributed by atoms with Crippen molar-refractivity contribution in [3.63, 3.8) is 0 Å². The van der Waals surface area contributed by atoms with E-state index in [1.807, 2.05) is 24.3 Å². The monoisotopic (exact) mass is 426 g/mol. The molecular weight excluding hydrogens is 396 g/mol. The van der Waals surface area contributed by atoms with E-state index in [0.717, 1.165) is 43.8 Å². The molecule has 3 rings (SSSR count). The molecule has 2 N–H and O–H groups in total. The number of ether oxygens (including phenoxy) is 1. The number of nitrogens with zero attached hydrogens (tertiary/aromatic N) is 2. The van der Waals surface area contributed by atoms with Gasteiger partial charge in [0.05, 0.1) is 4.92 Å². The Hall–Kier alpha value is -3.13. The van der Waals surface area contributed by atoms with Gasteiger partial charge >= 0.3 is 0 Å². The van der Waals surface area contributed by atoms with Crippen LogP contribution in [-0.4, -0.2) is 48.0 Å². The summed E-state index contributed by atoms with van der Waals surface area (Å²) in [6.45, 7) is 7.85. The Morgan fingerprint density at radius 1 is 1.19 bits per heavy atom. The van der Waals surface area contributed by atoms with E-state index < -0.39 is 4.92 Å². The predicted molar refractivity (Wildman–Crippen MR) is 121 cm³/mol. The molecule has 0 aromatic heterocycles. The van der Waals surface area contributed by atoms with Gasteiger partial charge in [-0.3, -0.25) is 14.9 Å². The van der Waals surface area contributed by atoms with Gasteiger partial charge in [-0.05, 0) is 44.1 Å². The molecule has 1 aliphatic rings. The van der Waals surface area contributed by atoms with Crippen molar-refractivity contribution in [2.24, 2.45) is 0 Å². The first-order chi connectivity index (χ1) is 15.0. The topological polar surface area (TPSA) is 96.7 Å². The summed E-state index contributed by atoms with van der Waals surface area (Å²) in [6, 6.07) is 12.4. The zero-order valence-corrected chi connectivity index (χ0v) is 18.1. The molecule has 1 aliphatic carbocycles. The highest BCUT2D eigenvalue weighted by Gasteiger charge is 2.25. The zero-order chi connectivity index (χ0) is 22.2. The maximum absolute atomic E-state index is 12.6. The summed E-state index contributed by atoms with van der Waals surface area (Å²) >= 11 is 0. The molecule has 1 saturated carbocycles. The van der Waals surface area contributed by atoms with Crippen LogP contribution in [0.3, 0.4) is 0 Å². The third-order valence-electron chi connectivity index (χ3n) is 5.37. The molecule has 0 heterocycles. The molecule has 0 bridgehead atoms. The van der Waals surface area contributed by atoms with E-state index in [1.165, 1.54) is 6.07 Å². The number of carbonyl (C=O) groups excluding carboxylic acids is 1. The van der Waals surface area contributed by atoms with Crippen molar-refractivity contribution in [2.75, 3.05) is 31.6 Å². The highest BCUT2D eigenvalue weighted by molar-refractivity contribution is 5.95. The Morgan fingerprint density at radius 2 is 1.94 bits per heavy atom. The van der Waals surface area contributed by atoms with E-state index in [2.05, 4.69) is 29.4 Å². The Morgan fingerprint density at radius 3 is 2.61 bits per heavy atom. The molecule has 1 amide bonds. The lowest BCUT2D eigenvalue weighted by Crippen LogP contribution is -2.28. The number of likely N-dealkylation sites (N-methyl/N-ethyl adjacent to an activating group) is 1. The van der Waals surface area contributed by atoms with Gasteiger partial charge in [0.2, 0.25) is 0 Å². The minimum atomic E-state index is -0.458. The Kier molecular flexibility index (Phi) is 7.83. The molecule has 31 heavy (non-hydrogen) atoms. The number of nitro benzene ring substituents is 1. The Labute approximate surface area is 182 Å². The summed E-state index contributed by atoms with van der Waals surface area (Å²) in [5, 5.41) is 17.4. The summed E-state index contributed by atoms with van der Waals surface area (Å²) in [4.78, 5) is 25.9. The Balaban J connectivity index is 1.61. The van der Waals surface area contributed by atoms with Gasteiger partial charge in [-0.25, -0.2) is 0 Å². The number of benzene rings is 2. The van der Waals surface area contributed by atoms with Crippen molar-refractivity contribution in [3.05, 3.63) is 63.7 Å². The van der Waals surface area contributed by atoms with Gasteiger partial charge in [0, 0.05) is 36.3 Å². The smallest absolute Gasteiger partial charge is 0.293 e. The van der Waals surface area contributed by atoms with E-state index in [1.54, 1.807) is 12.1 Å². The van der Waals surface area contributed by atoms with Gasteiger partial charge in [0.1, 0.15) is 18.0 Å². The molecule has 2 aromatic rings. The summed E-state index contributed by atoms with van der Waals surface area (Å²) in [7, 11) is 0. The number of carbonyl (C=O) groups is 1. The lowest BCUT2D eigenvalue weighted by atomic mass is 10.1. The maximum Gasteiger partial charge on any atom is 0.293 e. The second kappa shape index (κ2) is 10.8. The number of nitro groups is 1. The third kappa shape index (κ3) is 6.42. The lowest BCUT2D eigenvalue weighted by Gasteiger charge is -2.19. The predicted octanol–water partition coefficient (Wildman–Crippen LogP) is 3.82. The molecule has 0 aliphatic heterocycles. The number of hydrogen-bond acceptors (Lipinski definition) is 6. The minimum Gasteiger partial charge on any atom is -0.492 e. The van der Waals surface area contributed by atoms with Gasteiger partial charge < -0.3 is 20.3 Å². The molecule has 2 aromatic carbocycles. The molecule has 0 saturated heterocycles. The summed E-state index contributed by atoms with van der Waals surface area (Å²) < 4.78 is 5.93. The van der Waals surface area contributed by atoms with Crippen LogP contribution in [0.25, 0.3) is 0 Å². The van der Waals surface area contributed by atoms with Crippen molar-refractivity contribution in [3.8, 4) is 5.75 Å². The first-order valence-electron chi connectivity index (χ1n) is 10.8. The van der Waals surface area contributed by atoms with Gasteiger partial charge in [-0.2, -0.15) is 0 Å². The summed E-state index contributed by atoms with van der Waals surface area (Å²) in [6.07, 6.45) is 2.02. The van der Waals surface area contributed by atoms with Crippen LogP contribution in [0.1, 0.15) is 42.6 Å². The second-order valence-electron chi connectivity index (χ2n) is 7.57. The molecule has 8 nitrogen and oxygen atoms in total. The molecule has 0 radical (unpaired) electrons. The van der Waals surface area contributed by atoms with Crippen LogP contribution in [0.2, 0.25) is 0 Å². The summed E-state index contributed by atoms with van der Waals surface area (Å²) in [5.41, 5.74) is 1.49. The van der Waals surface area contributed by atoms with Gasteiger partial charge in [0.25, 0.3) is 11.6 Å². The molecule has 0 spiro atoms. The van der Waals surface area contributed by atoms with Crippen molar-refractivity contribution in [1.29, 1.82) is 0 Å². The fraction of sp³-hybridized carbons (Fsp3) is 0.435. The van der Waals surface area contributed by atoms with E-state index in [-0.39, 0.29) is 29.7 Å². The van der Waals surface area contributed by atoms with Crippen LogP contribution < -0.4 is 15.4 Å². The SMILES string of the molecule is CCN(CC)CCOc1ccccc1CNC(=O)c1ccc(NC2CC2)c([N+](=O)[O-])c1. The number of para-hydroxylation sites is 1. The fourth-order valence-electron chi connectivity index (χ4n) is 3.29. The highest BCUT2D eigenvalue weighted by atomic mass is 16.6. The number of hydrogen-bond donors (Lipinski definition) is 2. The van der Waals surface area contributed by atoms with Gasteiger partial charge in [-0.15, -0.1) is 0 Å². The van der Waals surface area contributed by atoms with E-state index in [4.69, 9.17) is 4.74 Å². The zero-order valence-electron chi connectivity index (χ0n) is 18.1. The number of amides is 1. The van der Waals surface area contributed by atoms with Crippen LogP contribution in [0, 0.1) is 10.1 Å². The third-order valence-corrected chi connectivity index (χ3v) is 5.37. The van der Waals surface area contributed by atoms with Crippen LogP contribution >= 0.6 is 0 Å². The first-order valence-corrected chi connectivity index (χ1v) is 10.8. The molecule has 1 fully saturated rings. The average Bonchev–Trinajstić information content (AvgIpc) is 3.60. The quantitative estimate of drug-likeness (QED) is 0.396. The van der Waals surface area contributed by atoms with Crippen molar-refractivity contribution < 1.29 is 14.5 Å². The largest absolute Gasteiger partial charge is 0.492 e. The minimum absolute atomic E-state index is 0.0836.